The van der Waals surface area contributed by atoms with Gasteiger partial charge in [0.25, 0.3) is 10.1 Å². The van der Waals surface area contributed by atoms with Gasteiger partial charge in [0, 0.05) is 24.3 Å². The zero-order valence-electron chi connectivity index (χ0n) is 17.6. The van der Waals surface area contributed by atoms with E-state index in [2.05, 4.69) is 0 Å². The maximum absolute atomic E-state index is 13.2. The number of hydrogen-bond donors (Lipinski definition) is 0. The van der Waals surface area contributed by atoms with E-state index in [0.717, 1.165) is 38.5 Å². The molecule has 0 N–H and O–H groups in total. The fraction of sp³-hybridized carbons (Fsp3) is 0.905. The minimum Gasteiger partial charge on any atom is -0.299 e. The Bertz CT molecular complexity index is 721. The molecule has 1 aliphatic heterocycles. The van der Waals surface area contributed by atoms with Crippen LogP contribution in [-0.2, 0) is 23.3 Å². The van der Waals surface area contributed by atoms with Crippen molar-refractivity contribution >= 4 is 32.0 Å². The summed E-state index contributed by atoms with van der Waals surface area (Å²) in [5.74, 6) is 1.94. The molecule has 0 aromatic carbocycles. The first kappa shape index (κ1) is 22.3. The zero-order valence-corrected chi connectivity index (χ0v) is 19.3. The number of unbranched alkanes of at least 4 members (excludes halogenated alkanes) is 1. The standard InChI is InChI=1S/C21H36O5S2/c1-4-5-9-18(22)15-27(12-7-6-8-13-27)26-28(24,25)16-21-11-10-17(14-19(21)23)20(21,2)3/h17H,4-16H2,1-3H3. The molecule has 28 heavy (non-hydrogen) atoms. The molecule has 2 bridgehead atoms. The lowest BCUT2D eigenvalue weighted by atomic mass is 9.70. The number of carbonyl (C=O) groups excluding carboxylic acids is 2. The summed E-state index contributed by atoms with van der Waals surface area (Å²) in [6, 6.07) is 0. The minimum absolute atomic E-state index is 0.0904. The topological polar surface area (TPSA) is 77.5 Å². The first-order chi connectivity index (χ1) is 13.1. The smallest absolute Gasteiger partial charge is 0.277 e. The second-order valence-corrected chi connectivity index (χ2v) is 14.6. The van der Waals surface area contributed by atoms with E-state index < -0.39 is 25.8 Å². The van der Waals surface area contributed by atoms with Crippen LogP contribution in [0.25, 0.3) is 0 Å². The number of fused-ring (bicyclic) bond motifs is 2. The van der Waals surface area contributed by atoms with Crippen LogP contribution >= 0.6 is 10.3 Å². The molecule has 3 fully saturated rings. The van der Waals surface area contributed by atoms with Crippen LogP contribution in [0.5, 0.6) is 0 Å². The fourth-order valence-electron chi connectivity index (χ4n) is 5.64. The zero-order chi connectivity index (χ0) is 20.6. The summed E-state index contributed by atoms with van der Waals surface area (Å²) in [7, 11) is -5.82. The Kier molecular flexibility index (Phi) is 6.39. The van der Waals surface area contributed by atoms with Gasteiger partial charge in [0.15, 0.2) is 0 Å². The van der Waals surface area contributed by atoms with E-state index in [0.29, 0.717) is 30.8 Å². The highest BCUT2D eigenvalue weighted by molar-refractivity contribution is 8.33. The SMILES string of the molecule is CCCCC(=O)CS1(OS(=O)(=O)CC23CCC(CC2=O)C3(C)C)CCCCC1. The van der Waals surface area contributed by atoms with Crippen molar-refractivity contribution in [2.75, 3.05) is 23.0 Å². The normalized spacial score (nSPS) is 32.4. The Hall–Kier alpha value is -0.400. The molecule has 2 unspecified atom stereocenters. The maximum atomic E-state index is 13.2. The lowest BCUT2D eigenvalue weighted by Crippen LogP contribution is -2.43. The molecule has 3 rings (SSSR count). The van der Waals surface area contributed by atoms with E-state index in [1.165, 1.54) is 0 Å². The van der Waals surface area contributed by atoms with Crippen molar-refractivity contribution in [2.45, 2.75) is 78.6 Å². The summed E-state index contributed by atoms with van der Waals surface area (Å²) in [5.41, 5.74) is -1.11. The average molecular weight is 433 g/mol. The summed E-state index contributed by atoms with van der Waals surface area (Å²) in [5, 5.41) is 0. The lowest BCUT2D eigenvalue weighted by Gasteiger charge is -2.42. The summed E-state index contributed by atoms with van der Waals surface area (Å²) in [4.78, 5) is 25.2. The first-order valence-corrected chi connectivity index (χ1v) is 14.5. The van der Waals surface area contributed by atoms with Crippen LogP contribution in [0.4, 0.5) is 0 Å². The van der Waals surface area contributed by atoms with E-state index in [1.807, 2.05) is 20.8 Å². The van der Waals surface area contributed by atoms with Crippen molar-refractivity contribution in [3.63, 3.8) is 0 Å². The van der Waals surface area contributed by atoms with Crippen molar-refractivity contribution in [2.24, 2.45) is 16.7 Å². The Morgan fingerprint density at radius 3 is 2.43 bits per heavy atom. The molecular weight excluding hydrogens is 396 g/mol. The summed E-state index contributed by atoms with van der Waals surface area (Å²) < 4.78 is 32.4. The summed E-state index contributed by atoms with van der Waals surface area (Å²) in [6.07, 6.45) is 7.27. The quantitative estimate of drug-likeness (QED) is 0.540. The lowest BCUT2D eigenvalue weighted by molar-refractivity contribution is -0.128. The highest BCUT2D eigenvalue weighted by atomic mass is 32.3. The molecule has 7 heteroatoms. The van der Waals surface area contributed by atoms with Crippen molar-refractivity contribution in [1.82, 2.24) is 0 Å². The Labute approximate surface area is 172 Å². The summed E-state index contributed by atoms with van der Waals surface area (Å²) in [6.45, 7) is 6.14. The Morgan fingerprint density at radius 2 is 1.89 bits per heavy atom. The van der Waals surface area contributed by atoms with Crippen molar-refractivity contribution in [3.8, 4) is 0 Å². The van der Waals surface area contributed by atoms with Crippen LogP contribution in [0, 0.1) is 16.7 Å². The van der Waals surface area contributed by atoms with Gasteiger partial charge in [-0.15, -0.1) is 10.3 Å². The van der Waals surface area contributed by atoms with Gasteiger partial charge in [0.05, 0.1) is 16.9 Å². The van der Waals surface area contributed by atoms with Crippen molar-refractivity contribution in [1.29, 1.82) is 0 Å². The van der Waals surface area contributed by atoms with Crippen LogP contribution in [0.15, 0.2) is 0 Å². The van der Waals surface area contributed by atoms with E-state index >= 15 is 0 Å². The van der Waals surface area contributed by atoms with Gasteiger partial charge in [-0.25, -0.2) is 3.63 Å². The molecule has 3 aliphatic rings. The Morgan fingerprint density at radius 1 is 1.21 bits per heavy atom. The van der Waals surface area contributed by atoms with E-state index in [4.69, 9.17) is 3.63 Å². The monoisotopic (exact) mass is 432 g/mol. The largest absolute Gasteiger partial charge is 0.299 e. The molecule has 0 spiro atoms. The van der Waals surface area contributed by atoms with Gasteiger partial charge < -0.3 is 0 Å². The fourth-order valence-corrected chi connectivity index (χ4v) is 12.3. The van der Waals surface area contributed by atoms with Gasteiger partial charge in [0.1, 0.15) is 11.6 Å². The van der Waals surface area contributed by atoms with Gasteiger partial charge in [-0.05, 0) is 43.4 Å². The van der Waals surface area contributed by atoms with Crippen LogP contribution in [-0.4, -0.2) is 43.0 Å². The van der Waals surface area contributed by atoms with Crippen molar-refractivity contribution < 1.29 is 21.6 Å². The minimum atomic E-state index is -3.87. The highest BCUT2D eigenvalue weighted by Gasteiger charge is 2.65. The predicted molar refractivity (Wildman–Crippen MR) is 114 cm³/mol. The summed E-state index contributed by atoms with van der Waals surface area (Å²) >= 11 is 0. The molecule has 2 saturated carbocycles. The van der Waals surface area contributed by atoms with Gasteiger partial charge in [-0.3, -0.25) is 9.59 Å². The van der Waals surface area contributed by atoms with Crippen LogP contribution in [0.1, 0.15) is 78.6 Å². The van der Waals surface area contributed by atoms with Gasteiger partial charge >= 0.3 is 0 Å². The molecule has 0 radical (unpaired) electrons. The number of hydrogen-bond acceptors (Lipinski definition) is 5. The van der Waals surface area contributed by atoms with Crippen LogP contribution in [0.2, 0.25) is 0 Å². The maximum Gasteiger partial charge on any atom is 0.277 e. The molecule has 1 heterocycles. The molecule has 5 nitrogen and oxygen atoms in total. The third kappa shape index (κ3) is 4.08. The molecule has 162 valence electrons. The molecule has 1 saturated heterocycles. The van der Waals surface area contributed by atoms with Crippen LogP contribution < -0.4 is 0 Å². The molecule has 2 aliphatic carbocycles. The molecule has 0 aromatic heterocycles. The first-order valence-electron chi connectivity index (χ1n) is 10.8. The average Bonchev–Trinajstić information content (AvgIpc) is 2.93. The van der Waals surface area contributed by atoms with E-state index in [-0.39, 0.29) is 34.4 Å². The number of ketones is 2. The number of Topliss-reactive ketones (excluding diaryl/α,β-unsaturated/α-hetero) is 2. The molecular formula is C21H36O5S2. The van der Waals surface area contributed by atoms with Gasteiger partial charge in [-0.1, -0.05) is 33.6 Å². The van der Waals surface area contributed by atoms with E-state index in [9.17, 15) is 18.0 Å². The highest BCUT2D eigenvalue weighted by Crippen LogP contribution is 2.65. The third-order valence-corrected chi connectivity index (χ3v) is 13.3. The number of carbonyl (C=O) groups is 2. The predicted octanol–water partition coefficient (Wildman–Crippen LogP) is 4.39. The molecule has 2 atom stereocenters. The molecule has 0 aromatic rings. The van der Waals surface area contributed by atoms with Gasteiger partial charge in [0.2, 0.25) is 0 Å². The van der Waals surface area contributed by atoms with E-state index in [1.54, 1.807) is 0 Å². The Balaban J connectivity index is 1.78. The van der Waals surface area contributed by atoms with Crippen LogP contribution in [0.3, 0.4) is 0 Å². The number of rotatable bonds is 9. The second-order valence-electron chi connectivity index (χ2n) is 9.66. The van der Waals surface area contributed by atoms with Crippen molar-refractivity contribution in [3.05, 3.63) is 0 Å². The second kappa shape index (κ2) is 8.03. The third-order valence-electron chi connectivity index (χ3n) is 7.58. The molecule has 0 amide bonds. The van der Waals surface area contributed by atoms with Gasteiger partial charge in [-0.2, -0.15) is 8.42 Å².